The number of ether oxygens (including phenoxy) is 1. The SMILES string of the molecule is Cn1ccc(C(=O)/C=C\c2ccc(COc3cccc(Br)c3)o2)n1. The highest BCUT2D eigenvalue weighted by atomic mass is 79.9. The van der Waals surface area contributed by atoms with E-state index >= 15 is 0 Å². The van der Waals surface area contributed by atoms with Crippen LogP contribution in [-0.2, 0) is 13.7 Å². The maximum absolute atomic E-state index is 11.9. The molecule has 0 spiro atoms. The maximum Gasteiger partial charge on any atom is 0.206 e. The van der Waals surface area contributed by atoms with Crippen molar-refractivity contribution in [2.75, 3.05) is 0 Å². The van der Waals surface area contributed by atoms with Gasteiger partial charge in [-0.2, -0.15) is 5.10 Å². The van der Waals surface area contributed by atoms with Gasteiger partial charge in [0.1, 0.15) is 29.6 Å². The van der Waals surface area contributed by atoms with E-state index in [0.29, 0.717) is 23.8 Å². The molecule has 0 atom stereocenters. The Balaban J connectivity index is 1.59. The maximum atomic E-state index is 11.9. The number of benzene rings is 1. The molecule has 0 amide bonds. The summed E-state index contributed by atoms with van der Waals surface area (Å²) in [7, 11) is 1.77. The van der Waals surface area contributed by atoms with Gasteiger partial charge in [0.05, 0.1) is 0 Å². The lowest BCUT2D eigenvalue weighted by Crippen LogP contribution is -1.97. The predicted octanol–water partition coefficient (Wildman–Crippen LogP) is 4.25. The van der Waals surface area contributed by atoms with Gasteiger partial charge < -0.3 is 9.15 Å². The van der Waals surface area contributed by atoms with Gasteiger partial charge in [0.2, 0.25) is 5.78 Å². The number of halogens is 1. The number of aryl methyl sites for hydroxylation is 1. The molecule has 5 nitrogen and oxygen atoms in total. The molecule has 6 heteroatoms. The summed E-state index contributed by atoms with van der Waals surface area (Å²) in [6.45, 7) is 0.318. The number of nitrogens with zero attached hydrogens (tertiary/aromatic N) is 2. The minimum absolute atomic E-state index is 0.168. The van der Waals surface area contributed by atoms with Crippen molar-refractivity contribution >= 4 is 27.8 Å². The summed E-state index contributed by atoms with van der Waals surface area (Å²) < 4.78 is 13.8. The lowest BCUT2D eigenvalue weighted by atomic mass is 10.2. The Morgan fingerprint density at radius 1 is 1.33 bits per heavy atom. The molecule has 0 saturated heterocycles. The molecule has 0 unspecified atom stereocenters. The van der Waals surface area contributed by atoms with Gasteiger partial charge in [0.15, 0.2) is 0 Å². The number of ketones is 1. The molecule has 0 bridgehead atoms. The van der Waals surface area contributed by atoms with Crippen LogP contribution in [0.2, 0.25) is 0 Å². The molecule has 0 aliphatic carbocycles. The molecular weight excluding hydrogens is 372 g/mol. The van der Waals surface area contributed by atoms with Gasteiger partial charge in [-0.05, 0) is 48.6 Å². The van der Waals surface area contributed by atoms with Crippen molar-refractivity contribution in [3.63, 3.8) is 0 Å². The standard InChI is InChI=1S/C18H15BrN2O3/c1-21-10-9-17(20-21)18(22)8-7-14-5-6-16(24-14)12-23-15-4-2-3-13(19)11-15/h2-11H,12H2,1H3/b8-7-. The Bertz CT molecular complexity index is 880. The van der Waals surface area contributed by atoms with E-state index in [-0.39, 0.29) is 5.78 Å². The molecule has 0 radical (unpaired) electrons. The quantitative estimate of drug-likeness (QED) is 0.469. The second kappa shape index (κ2) is 7.31. The zero-order valence-electron chi connectivity index (χ0n) is 13.0. The molecule has 2 heterocycles. The van der Waals surface area contributed by atoms with Crippen molar-refractivity contribution < 1.29 is 13.9 Å². The van der Waals surface area contributed by atoms with E-state index in [9.17, 15) is 4.79 Å². The molecule has 24 heavy (non-hydrogen) atoms. The molecule has 3 aromatic rings. The number of hydrogen-bond donors (Lipinski definition) is 0. The van der Waals surface area contributed by atoms with E-state index in [1.807, 2.05) is 30.3 Å². The van der Waals surface area contributed by atoms with Gasteiger partial charge in [-0.25, -0.2) is 0 Å². The van der Waals surface area contributed by atoms with E-state index in [1.165, 1.54) is 6.08 Å². The molecule has 3 rings (SSSR count). The first-order valence-electron chi connectivity index (χ1n) is 7.29. The Morgan fingerprint density at radius 2 is 2.21 bits per heavy atom. The van der Waals surface area contributed by atoms with Gasteiger partial charge in [-0.15, -0.1) is 0 Å². The van der Waals surface area contributed by atoms with Crippen LogP contribution in [0.5, 0.6) is 5.75 Å². The van der Waals surface area contributed by atoms with Crippen LogP contribution in [0.4, 0.5) is 0 Å². The summed E-state index contributed by atoms with van der Waals surface area (Å²) in [5.41, 5.74) is 0.401. The highest BCUT2D eigenvalue weighted by Gasteiger charge is 2.06. The molecule has 0 N–H and O–H groups in total. The normalized spacial score (nSPS) is 11.1. The van der Waals surface area contributed by atoms with Crippen LogP contribution in [0.3, 0.4) is 0 Å². The van der Waals surface area contributed by atoms with Gasteiger partial charge in [-0.3, -0.25) is 9.48 Å². The van der Waals surface area contributed by atoms with Crippen molar-refractivity contribution in [2.24, 2.45) is 7.05 Å². The second-order valence-corrected chi connectivity index (χ2v) is 6.04. The zero-order chi connectivity index (χ0) is 16.9. The van der Waals surface area contributed by atoms with E-state index in [0.717, 1.165) is 10.2 Å². The summed E-state index contributed by atoms with van der Waals surface area (Å²) in [5, 5.41) is 4.06. The molecule has 0 aliphatic heterocycles. The first-order chi connectivity index (χ1) is 11.6. The number of allylic oxidation sites excluding steroid dienone is 1. The summed E-state index contributed by atoms with van der Waals surface area (Å²) in [4.78, 5) is 11.9. The molecule has 0 saturated carbocycles. The van der Waals surface area contributed by atoms with Crippen molar-refractivity contribution in [3.8, 4) is 5.75 Å². The topological polar surface area (TPSA) is 57.3 Å². The van der Waals surface area contributed by atoms with Crippen LogP contribution in [0, 0.1) is 0 Å². The predicted molar refractivity (Wildman–Crippen MR) is 93.8 cm³/mol. The summed E-state index contributed by atoms with van der Waals surface area (Å²) in [6, 6.07) is 12.9. The molecule has 2 aromatic heterocycles. The number of carbonyl (C=O) groups is 1. The summed E-state index contributed by atoms with van der Waals surface area (Å²) in [5.74, 6) is 1.86. The van der Waals surface area contributed by atoms with Gasteiger partial charge in [0.25, 0.3) is 0 Å². The molecule has 0 fully saturated rings. The van der Waals surface area contributed by atoms with Crippen LogP contribution < -0.4 is 4.74 Å². The Morgan fingerprint density at radius 3 is 2.96 bits per heavy atom. The van der Waals surface area contributed by atoms with Gasteiger partial charge in [-0.1, -0.05) is 22.0 Å². The number of hydrogen-bond acceptors (Lipinski definition) is 4. The summed E-state index contributed by atoms with van der Waals surface area (Å²) in [6.07, 6.45) is 4.80. The van der Waals surface area contributed by atoms with E-state index in [2.05, 4.69) is 21.0 Å². The van der Waals surface area contributed by atoms with E-state index in [4.69, 9.17) is 9.15 Å². The van der Waals surface area contributed by atoms with Crippen molar-refractivity contribution in [1.29, 1.82) is 0 Å². The average molecular weight is 387 g/mol. The monoisotopic (exact) mass is 386 g/mol. The number of rotatable bonds is 6. The molecule has 0 aliphatic rings. The largest absolute Gasteiger partial charge is 0.486 e. The fourth-order valence-electron chi connectivity index (χ4n) is 2.06. The van der Waals surface area contributed by atoms with Crippen molar-refractivity contribution in [1.82, 2.24) is 9.78 Å². The third-order valence-electron chi connectivity index (χ3n) is 3.22. The van der Waals surface area contributed by atoms with Crippen LogP contribution in [-0.4, -0.2) is 15.6 Å². The van der Waals surface area contributed by atoms with E-state index in [1.54, 1.807) is 36.1 Å². The van der Waals surface area contributed by atoms with Gasteiger partial charge in [0, 0.05) is 17.7 Å². The highest BCUT2D eigenvalue weighted by molar-refractivity contribution is 9.10. The smallest absolute Gasteiger partial charge is 0.206 e. The minimum atomic E-state index is -0.168. The fraction of sp³-hybridized carbons (Fsp3) is 0.111. The van der Waals surface area contributed by atoms with Crippen molar-refractivity contribution in [2.45, 2.75) is 6.61 Å². The Kier molecular flexibility index (Phi) is 4.96. The summed E-state index contributed by atoms with van der Waals surface area (Å²) >= 11 is 3.40. The first kappa shape index (κ1) is 16.3. The van der Waals surface area contributed by atoms with Crippen LogP contribution in [0.25, 0.3) is 6.08 Å². The molecular formula is C18H15BrN2O3. The molecule has 1 aromatic carbocycles. The Hall–Kier alpha value is -2.60. The number of aromatic nitrogens is 2. The van der Waals surface area contributed by atoms with Crippen LogP contribution in [0.1, 0.15) is 22.0 Å². The van der Waals surface area contributed by atoms with Gasteiger partial charge >= 0.3 is 0 Å². The molecule has 122 valence electrons. The highest BCUT2D eigenvalue weighted by Crippen LogP contribution is 2.19. The van der Waals surface area contributed by atoms with Crippen molar-refractivity contribution in [3.05, 3.63) is 76.4 Å². The fourth-order valence-corrected chi connectivity index (χ4v) is 2.44. The van der Waals surface area contributed by atoms with E-state index < -0.39 is 0 Å². The zero-order valence-corrected chi connectivity index (χ0v) is 14.6. The lowest BCUT2D eigenvalue weighted by Gasteiger charge is -2.03. The Labute approximate surface area is 147 Å². The third kappa shape index (κ3) is 4.23. The first-order valence-corrected chi connectivity index (χ1v) is 8.08. The second-order valence-electron chi connectivity index (χ2n) is 5.12. The number of carbonyl (C=O) groups excluding carboxylic acids is 1. The number of furan rings is 1. The average Bonchev–Trinajstić information content (AvgIpc) is 3.20. The van der Waals surface area contributed by atoms with Crippen LogP contribution in [0.15, 0.2) is 63.6 Å². The lowest BCUT2D eigenvalue weighted by molar-refractivity contribution is 0.104. The third-order valence-corrected chi connectivity index (χ3v) is 3.72. The minimum Gasteiger partial charge on any atom is -0.486 e. The van der Waals surface area contributed by atoms with Crippen LogP contribution >= 0.6 is 15.9 Å².